The van der Waals surface area contributed by atoms with E-state index in [1.165, 1.54) is 43.1 Å². The van der Waals surface area contributed by atoms with Crippen molar-refractivity contribution < 1.29 is 82.5 Å². The van der Waals surface area contributed by atoms with E-state index in [1.54, 1.807) is 0 Å². The van der Waals surface area contributed by atoms with Crippen LogP contribution in [0.5, 0.6) is 0 Å². The number of hydrogen-bond acceptors (Lipinski definition) is 20. The predicted molar refractivity (Wildman–Crippen MR) is 608 cm³/mol. The molecule has 0 amide bonds. The first-order valence-corrected chi connectivity index (χ1v) is 48.9. The van der Waals surface area contributed by atoms with Gasteiger partial charge in [0.15, 0.2) is 0 Å². The molecule has 0 heterocycles. The SMILES string of the molecule is [Ni].[Ni].[Ni].[Ni].[Ni].[S-]C1=C([S-])c2cccc3cccc1c23.[S-]C1=C([S-])c2cccc3cccc1c23.[S-]c1c([S-])c2ccccc2c2ccccc12.[S-]c1c([S-])c2ccccc2c2ccccc12.[S-]c1cc2ccccc2cc1[S-].[S-]c1cc2ccccc2cc1[S-].[S-]c1ccc2ccccc2c1[S-].[S-]c1ccc2ccccc2c1[S-].[S-]c1ccc2ccccc2c1[S-].[S-]c1ccc2ccccc2c1[S-]. The Kier molecular flexibility index (Phi) is 42.1. The third-order valence-corrected chi connectivity index (χ3v) is 31.0. The molecule has 0 saturated carbocycles. The molecular weight excluding hydrogens is 2280 g/mol. The van der Waals surface area contributed by atoms with Crippen LogP contribution in [-0.2, 0) is 335 Å². The standard InChI is InChI=1S/2C14H10S2.2C12H8S2.6C10H8S2.5Ni/c2*15-13-11-7-3-1-5-9(11)10-6-2-4-8-12(10)14(13)16;2*13-11-8-5-1-3-7-4-2-6-9(10(7)8)12(11)14;2*11-9-5-7-3-1-2-4-8(7)6-10(9)12;4*11-9-6-5-7-3-1-2-4-8(7)10(9)12;;;;;/h2*1-8,15-16H;2*1-6,13-14H;6*1-6,11-12H;;;;;/p-20. The average Bonchev–Trinajstić information content (AvgIpc) is 1.60. The van der Waals surface area contributed by atoms with Crippen LogP contribution in [0.4, 0.5) is 0 Å². The second-order valence-electron chi connectivity index (χ2n) is 30.0. The fourth-order valence-electron chi connectivity index (χ4n) is 15.4. The molecule has 0 spiro atoms. The Balaban J connectivity index is 0.000000157. The summed E-state index contributed by atoms with van der Waals surface area (Å²) in [5, 5.41) is 27.6. The second kappa shape index (κ2) is 51.8. The van der Waals surface area contributed by atoms with Crippen molar-refractivity contribution in [3.63, 3.8) is 0 Å². The van der Waals surface area contributed by atoms with Gasteiger partial charge >= 0.3 is 0 Å². The van der Waals surface area contributed by atoms with Gasteiger partial charge in [-0.3, -0.25) is 0 Å². The number of hydrogen-bond donors (Lipinski definition) is 0. The van der Waals surface area contributed by atoms with Crippen LogP contribution in [-0.4, -0.2) is 0 Å². The van der Waals surface area contributed by atoms with Crippen LogP contribution in [0, 0.1) is 0 Å². The molecule has 22 aromatic rings. The molecule has 0 N–H and O–H groups in total. The molecule has 137 heavy (non-hydrogen) atoms. The van der Waals surface area contributed by atoms with Crippen LogP contribution in [0.1, 0.15) is 22.3 Å². The zero-order valence-electron chi connectivity index (χ0n) is 70.7. The van der Waals surface area contributed by atoms with Gasteiger partial charge in [-0.25, -0.2) is 0 Å². The maximum Gasteiger partial charge on any atom is 0 e. The largest absolute Gasteiger partial charge is 0.781 e. The van der Waals surface area contributed by atoms with E-state index in [-0.39, 0.29) is 82.5 Å². The van der Waals surface area contributed by atoms with Gasteiger partial charge in [0, 0.05) is 82.5 Å². The third kappa shape index (κ3) is 25.7. The maximum atomic E-state index is 5.42. The van der Waals surface area contributed by atoms with Crippen LogP contribution in [0.2, 0.25) is 0 Å². The summed E-state index contributed by atoms with van der Waals surface area (Å²) in [6.07, 6.45) is 0. The quantitative estimate of drug-likeness (QED) is 0.0803. The number of rotatable bonds is 0. The third-order valence-electron chi connectivity index (χ3n) is 21.9. The van der Waals surface area contributed by atoms with Crippen molar-refractivity contribution in [2.45, 2.75) is 78.3 Å². The normalized spacial score (nSPS) is 10.9. The van der Waals surface area contributed by atoms with Crippen molar-refractivity contribution in [1.82, 2.24) is 0 Å². The summed E-state index contributed by atoms with van der Waals surface area (Å²) < 4.78 is 0. The summed E-state index contributed by atoms with van der Waals surface area (Å²) in [5.74, 6) is 0. The minimum Gasteiger partial charge on any atom is -0.781 e. The van der Waals surface area contributed by atoms with E-state index in [0.717, 1.165) is 206 Å². The van der Waals surface area contributed by atoms with Gasteiger partial charge in [-0.2, -0.15) is 97.9 Å². The molecular formula is C112H64Ni5S20-20. The minimum atomic E-state index is 0. The Hall–Kier alpha value is -7.69. The van der Waals surface area contributed by atoms with Crippen LogP contribution in [0.15, 0.2) is 467 Å². The van der Waals surface area contributed by atoms with E-state index in [9.17, 15) is 0 Å². The Morgan fingerprint density at radius 2 is 0.263 bits per heavy atom. The molecule has 0 bridgehead atoms. The molecule has 0 fully saturated rings. The van der Waals surface area contributed by atoms with Gasteiger partial charge in [0.25, 0.3) is 0 Å². The van der Waals surface area contributed by atoms with Gasteiger partial charge in [0.1, 0.15) is 0 Å². The Morgan fingerprint density at radius 1 is 0.109 bits per heavy atom. The number of fused-ring (bicyclic) bond motifs is 12. The topological polar surface area (TPSA) is 0 Å². The summed E-state index contributed by atoms with van der Waals surface area (Å²) >= 11 is 104. The van der Waals surface area contributed by atoms with Gasteiger partial charge < -0.3 is 253 Å². The monoisotopic (exact) mass is 2340 g/mol. The van der Waals surface area contributed by atoms with E-state index >= 15 is 0 Å². The molecule has 0 nitrogen and oxygen atoms in total. The van der Waals surface area contributed by atoms with Crippen LogP contribution < -0.4 is 0 Å². The first-order valence-electron chi connectivity index (χ1n) is 40.8. The summed E-state index contributed by atoms with van der Waals surface area (Å²) in [5.41, 5.74) is 4.49. The van der Waals surface area contributed by atoms with Gasteiger partial charge in [0.05, 0.1) is 0 Å². The van der Waals surface area contributed by atoms with E-state index in [0.29, 0.717) is 0 Å². The van der Waals surface area contributed by atoms with Crippen molar-refractivity contribution in [3.8, 4) is 0 Å². The fraction of sp³-hybridized carbons (Fsp3) is 0. The molecule has 24 rings (SSSR count). The molecule has 22 aromatic carbocycles. The first-order chi connectivity index (χ1) is 63.8. The summed E-state index contributed by atoms with van der Waals surface area (Å²) in [6, 6.07) is 129. The summed E-state index contributed by atoms with van der Waals surface area (Å²) in [6.45, 7) is 0. The number of benzene rings is 22. The van der Waals surface area contributed by atoms with Gasteiger partial charge in [0.2, 0.25) is 0 Å². The Bertz CT molecular complexity index is 7260. The van der Waals surface area contributed by atoms with Crippen molar-refractivity contribution in [3.05, 3.63) is 411 Å². The minimum absolute atomic E-state index is 0. The summed E-state index contributed by atoms with van der Waals surface area (Å²) in [4.78, 5) is 15.8. The van der Waals surface area contributed by atoms with Gasteiger partial charge in [-0.1, -0.05) is 388 Å². The molecule has 2 aliphatic rings. The molecule has 0 unspecified atom stereocenters. The summed E-state index contributed by atoms with van der Waals surface area (Å²) in [7, 11) is 0. The average molecular weight is 2340 g/mol. The predicted octanol–water partition coefficient (Wildman–Crippen LogP) is 29.7. The van der Waals surface area contributed by atoms with Crippen molar-refractivity contribution in [2.75, 3.05) is 0 Å². The van der Waals surface area contributed by atoms with Crippen LogP contribution in [0.25, 0.3) is 149 Å². The van der Waals surface area contributed by atoms with Crippen LogP contribution >= 0.6 is 0 Å². The molecule has 0 radical (unpaired) electrons. The maximum absolute atomic E-state index is 5.42. The zero-order valence-corrected chi connectivity index (χ0v) is 92.0. The van der Waals surface area contributed by atoms with E-state index in [2.05, 4.69) is 48.5 Å². The first kappa shape index (κ1) is 111. The fourth-order valence-corrected chi connectivity index (χ4v) is 20.1. The van der Waals surface area contributed by atoms with E-state index in [4.69, 9.17) is 253 Å². The molecule has 0 atom stereocenters. The second-order valence-corrected chi connectivity index (χ2v) is 38.4. The van der Waals surface area contributed by atoms with E-state index < -0.39 is 0 Å². The van der Waals surface area contributed by atoms with Crippen molar-refractivity contribution in [1.29, 1.82) is 0 Å². The molecule has 2 aliphatic carbocycles. The Labute approximate surface area is 960 Å². The molecule has 0 aromatic heterocycles. The van der Waals surface area contributed by atoms with Gasteiger partial charge in [-0.15, -0.1) is 0 Å². The zero-order chi connectivity index (χ0) is 93.0. The Morgan fingerprint density at radius 3 is 0.453 bits per heavy atom. The molecule has 702 valence electrons. The van der Waals surface area contributed by atoms with Crippen molar-refractivity contribution in [2.24, 2.45) is 0 Å². The van der Waals surface area contributed by atoms with E-state index in [1.807, 2.05) is 340 Å². The smallest absolute Gasteiger partial charge is 0 e. The van der Waals surface area contributed by atoms with Crippen molar-refractivity contribution >= 4 is 401 Å². The van der Waals surface area contributed by atoms with Gasteiger partial charge in [-0.05, 0) is 152 Å². The van der Waals surface area contributed by atoms with Crippen LogP contribution in [0.3, 0.4) is 0 Å². The molecule has 25 heteroatoms. The molecule has 0 saturated heterocycles. The molecule has 0 aliphatic heterocycles.